The number of nitrogens with zero attached hydrogens (tertiary/aromatic N) is 3. The number of furan rings is 1. The van der Waals surface area contributed by atoms with E-state index in [4.69, 9.17) is 4.42 Å². The van der Waals surface area contributed by atoms with Gasteiger partial charge in [-0.15, -0.1) is 0 Å². The van der Waals surface area contributed by atoms with Crippen LogP contribution in [0.2, 0.25) is 0 Å². The van der Waals surface area contributed by atoms with Gasteiger partial charge in [-0.3, -0.25) is 4.79 Å². The molecule has 1 aliphatic heterocycles. The zero-order chi connectivity index (χ0) is 17.3. The molecule has 0 unspecified atom stereocenters. The molecule has 24 heavy (non-hydrogen) atoms. The van der Waals surface area contributed by atoms with Gasteiger partial charge in [-0.05, 0) is 26.0 Å². The standard InChI is InChI=1S/C15H20N4O4S/c1-11(2)24(21,22)18-8-12-6-16-10-19(12)14(9-18)15(20)17-7-13-4-3-5-23-13/h3-6,10-11,14H,7-9H2,1-2H3,(H,17,20)/t14-/m1/s1. The van der Waals surface area contributed by atoms with E-state index < -0.39 is 21.3 Å². The van der Waals surface area contributed by atoms with Gasteiger partial charge in [0.1, 0.15) is 11.8 Å². The molecule has 3 rings (SSSR count). The number of carbonyl (C=O) groups excluding carboxylic acids is 1. The van der Waals surface area contributed by atoms with E-state index >= 15 is 0 Å². The molecule has 2 aromatic heterocycles. The number of hydrogen-bond donors (Lipinski definition) is 1. The summed E-state index contributed by atoms with van der Waals surface area (Å²) in [7, 11) is -3.45. The first-order valence-electron chi connectivity index (χ1n) is 7.69. The topological polar surface area (TPSA) is 97.4 Å². The van der Waals surface area contributed by atoms with E-state index in [9.17, 15) is 13.2 Å². The summed E-state index contributed by atoms with van der Waals surface area (Å²) >= 11 is 0. The highest BCUT2D eigenvalue weighted by molar-refractivity contribution is 7.89. The molecule has 0 spiro atoms. The van der Waals surface area contributed by atoms with Crippen molar-refractivity contribution in [2.24, 2.45) is 0 Å². The fraction of sp³-hybridized carbons (Fsp3) is 0.467. The molecule has 1 N–H and O–H groups in total. The zero-order valence-electron chi connectivity index (χ0n) is 13.5. The number of carbonyl (C=O) groups is 1. The number of aromatic nitrogens is 2. The van der Waals surface area contributed by atoms with Crippen molar-refractivity contribution in [3.05, 3.63) is 42.4 Å². The summed E-state index contributed by atoms with van der Waals surface area (Å²) in [5.74, 6) is 0.367. The van der Waals surface area contributed by atoms with Gasteiger partial charge in [-0.1, -0.05) is 0 Å². The Bertz CT molecular complexity index is 810. The summed E-state index contributed by atoms with van der Waals surface area (Å²) in [5, 5.41) is 2.24. The maximum atomic E-state index is 12.6. The van der Waals surface area contributed by atoms with E-state index in [0.29, 0.717) is 11.5 Å². The van der Waals surface area contributed by atoms with Gasteiger partial charge in [0.2, 0.25) is 15.9 Å². The Morgan fingerprint density at radius 3 is 2.96 bits per heavy atom. The van der Waals surface area contributed by atoms with Crippen LogP contribution in [-0.2, 0) is 27.9 Å². The maximum Gasteiger partial charge on any atom is 0.244 e. The number of hydrogen-bond acceptors (Lipinski definition) is 5. The van der Waals surface area contributed by atoms with Crippen LogP contribution < -0.4 is 5.32 Å². The lowest BCUT2D eigenvalue weighted by molar-refractivity contribution is -0.125. The molecule has 0 saturated heterocycles. The van der Waals surface area contributed by atoms with Crippen LogP contribution in [0.1, 0.15) is 31.3 Å². The molecule has 0 aromatic carbocycles. The lowest BCUT2D eigenvalue weighted by Crippen LogP contribution is -2.48. The molecule has 8 nitrogen and oxygen atoms in total. The van der Waals surface area contributed by atoms with Crippen LogP contribution in [-0.4, -0.2) is 40.0 Å². The summed E-state index contributed by atoms with van der Waals surface area (Å²) in [4.78, 5) is 16.6. The van der Waals surface area contributed by atoms with Gasteiger partial charge in [0.25, 0.3) is 0 Å². The molecule has 0 saturated carbocycles. The van der Waals surface area contributed by atoms with Crippen LogP contribution in [0, 0.1) is 0 Å². The van der Waals surface area contributed by atoms with Gasteiger partial charge in [-0.2, -0.15) is 4.31 Å². The van der Waals surface area contributed by atoms with Crippen LogP contribution in [0.25, 0.3) is 0 Å². The Morgan fingerprint density at radius 2 is 2.29 bits per heavy atom. The SMILES string of the molecule is CC(C)S(=O)(=O)N1Cc2cncn2[C@@H](C(=O)NCc2ccco2)C1. The first-order valence-corrected chi connectivity index (χ1v) is 9.19. The molecule has 130 valence electrons. The number of imidazole rings is 1. The molecule has 1 aliphatic rings. The summed E-state index contributed by atoms with van der Waals surface area (Å²) in [5.41, 5.74) is 0.698. The first-order chi connectivity index (χ1) is 11.4. The second-order valence-corrected chi connectivity index (χ2v) is 8.48. The van der Waals surface area contributed by atoms with Crippen molar-refractivity contribution in [3.8, 4) is 0 Å². The largest absolute Gasteiger partial charge is 0.467 e. The third-order valence-corrected chi connectivity index (χ3v) is 6.26. The van der Waals surface area contributed by atoms with Crippen molar-refractivity contribution in [2.75, 3.05) is 6.54 Å². The fourth-order valence-corrected chi connectivity index (χ4v) is 3.93. The van der Waals surface area contributed by atoms with Gasteiger partial charge in [0.05, 0.1) is 36.6 Å². The van der Waals surface area contributed by atoms with E-state index in [-0.39, 0.29) is 25.5 Å². The molecule has 9 heteroatoms. The van der Waals surface area contributed by atoms with Crippen LogP contribution in [0.5, 0.6) is 0 Å². The highest BCUT2D eigenvalue weighted by Crippen LogP contribution is 2.25. The van der Waals surface area contributed by atoms with Crippen LogP contribution >= 0.6 is 0 Å². The van der Waals surface area contributed by atoms with Crippen LogP contribution in [0.3, 0.4) is 0 Å². The Morgan fingerprint density at radius 1 is 1.50 bits per heavy atom. The van der Waals surface area contributed by atoms with E-state index in [1.165, 1.54) is 10.6 Å². The highest BCUT2D eigenvalue weighted by Gasteiger charge is 2.36. The average molecular weight is 352 g/mol. The summed E-state index contributed by atoms with van der Waals surface area (Å²) in [6, 6.07) is 2.85. The van der Waals surface area contributed by atoms with Crippen LogP contribution in [0.15, 0.2) is 35.3 Å². The molecule has 0 bridgehead atoms. The zero-order valence-corrected chi connectivity index (χ0v) is 14.4. The lowest BCUT2D eigenvalue weighted by Gasteiger charge is -2.33. The lowest BCUT2D eigenvalue weighted by atomic mass is 10.2. The van der Waals surface area contributed by atoms with E-state index in [0.717, 1.165) is 0 Å². The first kappa shape index (κ1) is 16.7. The Balaban J connectivity index is 1.80. The molecule has 0 radical (unpaired) electrons. The second kappa shape index (κ2) is 6.40. The Hall–Kier alpha value is -2.13. The van der Waals surface area contributed by atoms with Crippen molar-refractivity contribution in [1.29, 1.82) is 0 Å². The molecule has 1 amide bonds. The van der Waals surface area contributed by atoms with Crippen molar-refractivity contribution >= 4 is 15.9 Å². The number of sulfonamides is 1. The Kier molecular flexibility index (Phi) is 4.46. The Labute approximate surface area is 140 Å². The summed E-state index contributed by atoms with van der Waals surface area (Å²) in [6.07, 6.45) is 4.69. The molecule has 0 aliphatic carbocycles. The van der Waals surface area contributed by atoms with Gasteiger partial charge in [0.15, 0.2) is 0 Å². The van der Waals surface area contributed by atoms with Crippen molar-refractivity contribution in [3.63, 3.8) is 0 Å². The third kappa shape index (κ3) is 3.09. The van der Waals surface area contributed by atoms with E-state index in [1.54, 1.807) is 43.1 Å². The minimum atomic E-state index is -3.45. The van der Waals surface area contributed by atoms with Crippen molar-refractivity contribution in [2.45, 2.75) is 38.2 Å². The molecule has 3 heterocycles. The van der Waals surface area contributed by atoms with E-state index in [2.05, 4.69) is 10.3 Å². The third-order valence-electron chi connectivity index (χ3n) is 4.07. The quantitative estimate of drug-likeness (QED) is 0.862. The number of fused-ring (bicyclic) bond motifs is 1. The van der Waals surface area contributed by atoms with E-state index in [1.807, 2.05) is 0 Å². The predicted octanol–water partition coefficient (Wildman–Crippen LogP) is 0.887. The van der Waals surface area contributed by atoms with Gasteiger partial charge < -0.3 is 14.3 Å². The summed E-state index contributed by atoms with van der Waals surface area (Å²) in [6.45, 7) is 3.83. The average Bonchev–Trinajstić information content (AvgIpc) is 3.22. The monoisotopic (exact) mass is 352 g/mol. The van der Waals surface area contributed by atoms with Crippen molar-refractivity contribution < 1.29 is 17.6 Å². The molecule has 0 fully saturated rings. The molecular weight excluding hydrogens is 332 g/mol. The summed E-state index contributed by atoms with van der Waals surface area (Å²) < 4.78 is 33.2. The van der Waals surface area contributed by atoms with Gasteiger partial charge in [0, 0.05) is 12.7 Å². The highest BCUT2D eigenvalue weighted by atomic mass is 32.2. The number of rotatable bonds is 5. The van der Waals surface area contributed by atoms with Gasteiger partial charge in [-0.25, -0.2) is 13.4 Å². The molecular formula is C15H20N4O4S. The maximum absolute atomic E-state index is 12.6. The molecule has 2 aromatic rings. The smallest absolute Gasteiger partial charge is 0.244 e. The second-order valence-electron chi connectivity index (χ2n) is 5.99. The van der Waals surface area contributed by atoms with Crippen LogP contribution in [0.4, 0.5) is 0 Å². The minimum absolute atomic E-state index is 0.0911. The predicted molar refractivity (Wildman–Crippen MR) is 86.3 cm³/mol. The molecule has 1 atom stereocenters. The van der Waals surface area contributed by atoms with Crippen molar-refractivity contribution in [1.82, 2.24) is 19.2 Å². The number of nitrogens with one attached hydrogen (secondary N) is 1. The number of amides is 1. The fourth-order valence-electron chi connectivity index (χ4n) is 2.67. The normalized spacial score (nSPS) is 18.5. The van der Waals surface area contributed by atoms with Gasteiger partial charge >= 0.3 is 0 Å². The minimum Gasteiger partial charge on any atom is -0.467 e.